The van der Waals surface area contributed by atoms with Crippen LogP contribution in [-0.2, 0) is 4.74 Å². The van der Waals surface area contributed by atoms with Gasteiger partial charge in [-0.15, -0.1) is 0 Å². The van der Waals surface area contributed by atoms with Crippen molar-refractivity contribution in [3.63, 3.8) is 0 Å². The zero-order valence-corrected chi connectivity index (χ0v) is 13.9. The largest absolute Gasteiger partial charge is 0.380 e. The molecule has 5 heteroatoms. The van der Waals surface area contributed by atoms with Crippen LogP contribution in [0.3, 0.4) is 0 Å². The summed E-state index contributed by atoms with van der Waals surface area (Å²) in [6.07, 6.45) is 1.21. The van der Waals surface area contributed by atoms with Crippen LogP contribution in [0.15, 0.2) is 36.4 Å². The number of likely N-dealkylation sites (N-methyl/N-ethyl adjacent to an activating group) is 2. The summed E-state index contributed by atoms with van der Waals surface area (Å²) in [6, 6.07) is 11.9. The summed E-state index contributed by atoms with van der Waals surface area (Å²) < 4.78 is 5.43. The topological polar surface area (TPSA) is 45.7 Å². The van der Waals surface area contributed by atoms with Crippen molar-refractivity contribution in [2.75, 3.05) is 34.3 Å². The number of carbonyl (C=O) groups excluding carboxylic acids is 1. The molecular formula is C18H23N3O2. The first-order chi connectivity index (χ1) is 11.1. The third kappa shape index (κ3) is 3.35. The molecule has 1 amide bonds. The minimum absolute atomic E-state index is 0.0370. The van der Waals surface area contributed by atoms with Crippen molar-refractivity contribution >= 4 is 16.8 Å². The van der Waals surface area contributed by atoms with E-state index in [1.165, 1.54) is 0 Å². The number of pyridine rings is 1. The molecule has 1 saturated heterocycles. The molecule has 2 heterocycles. The number of fused-ring (bicyclic) bond motifs is 1. The first-order valence-electron chi connectivity index (χ1n) is 7.93. The van der Waals surface area contributed by atoms with Crippen LogP contribution in [0.2, 0.25) is 0 Å². The third-order valence-electron chi connectivity index (χ3n) is 4.63. The van der Waals surface area contributed by atoms with Gasteiger partial charge in [0.25, 0.3) is 5.91 Å². The number of para-hydroxylation sites is 1. The Morgan fingerprint density at radius 3 is 2.87 bits per heavy atom. The summed E-state index contributed by atoms with van der Waals surface area (Å²) in [5.41, 5.74) is 1.35. The highest BCUT2D eigenvalue weighted by Crippen LogP contribution is 2.19. The maximum absolute atomic E-state index is 12.6. The first kappa shape index (κ1) is 15.9. The molecule has 3 rings (SSSR count). The maximum atomic E-state index is 12.6. The molecule has 23 heavy (non-hydrogen) atoms. The van der Waals surface area contributed by atoms with E-state index in [9.17, 15) is 4.79 Å². The zero-order chi connectivity index (χ0) is 16.4. The fourth-order valence-electron chi connectivity index (χ4n) is 3.19. The predicted molar refractivity (Wildman–Crippen MR) is 90.5 cm³/mol. The van der Waals surface area contributed by atoms with E-state index < -0.39 is 0 Å². The Balaban J connectivity index is 1.71. The SMILES string of the molecule is CO[C@H]1C[C@@H](CN(C)C(=O)c2ccc3ccccc3n2)N(C)C1. The molecular weight excluding hydrogens is 290 g/mol. The number of hydrogen-bond acceptors (Lipinski definition) is 4. The van der Waals surface area contributed by atoms with Crippen LogP contribution in [-0.4, -0.2) is 67.1 Å². The maximum Gasteiger partial charge on any atom is 0.272 e. The normalized spacial score (nSPS) is 21.7. The number of aromatic nitrogens is 1. The highest BCUT2D eigenvalue weighted by molar-refractivity contribution is 5.94. The van der Waals surface area contributed by atoms with Gasteiger partial charge in [0.15, 0.2) is 0 Å². The molecule has 0 N–H and O–H groups in total. The molecule has 0 aliphatic carbocycles. The van der Waals surface area contributed by atoms with Gasteiger partial charge in [-0.1, -0.05) is 24.3 Å². The zero-order valence-electron chi connectivity index (χ0n) is 13.9. The molecule has 5 nitrogen and oxygen atoms in total. The van der Waals surface area contributed by atoms with E-state index in [1.807, 2.05) is 37.4 Å². The average Bonchev–Trinajstić information content (AvgIpc) is 2.93. The Hall–Kier alpha value is -1.98. The van der Waals surface area contributed by atoms with Crippen LogP contribution in [0.1, 0.15) is 16.9 Å². The Morgan fingerprint density at radius 1 is 1.35 bits per heavy atom. The van der Waals surface area contributed by atoms with E-state index in [-0.39, 0.29) is 12.0 Å². The van der Waals surface area contributed by atoms with Gasteiger partial charge in [0, 0.05) is 38.7 Å². The number of carbonyl (C=O) groups is 1. The van der Waals surface area contributed by atoms with Crippen LogP contribution in [0.25, 0.3) is 10.9 Å². The number of rotatable bonds is 4. The number of nitrogens with zero attached hydrogens (tertiary/aromatic N) is 3. The van der Waals surface area contributed by atoms with Gasteiger partial charge in [-0.3, -0.25) is 9.69 Å². The smallest absolute Gasteiger partial charge is 0.272 e. The molecule has 2 aromatic rings. The lowest BCUT2D eigenvalue weighted by molar-refractivity contribution is 0.0755. The van der Waals surface area contributed by atoms with Gasteiger partial charge in [0.1, 0.15) is 5.69 Å². The quantitative estimate of drug-likeness (QED) is 0.866. The van der Waals surface area contributed by atoms with Crippen molar-refractivity contribution in [1.29, 1.82) is 0 Å². The number of methoxy groups -OCH3 is 1. The molecule has 1 aliphatic rings. The van der Waals surface area contributed by atoms with Crippen molar-refractivity contribution in [3.05, 3.63) is 42.1 Å². The molecule has 0 bridgehead atoms. The van der Waals surface area contributed by atoms with Gasteiger partial charge in [0.05, 0.1) is 11.6 Å². The van der Waals surface area contributed by atoms with Crippen molar-refractivity contribution in [2.24, 2.45) is 0 Å². The lowest BCUT2D eigenvalue weighted by Gasteiger charge is -2.25. The fourth-order valence-corrected chi connectivity index (χ4v) is 3.19. The van der Waals surface area contributed by atoms with E-state index in [0.29, 0.717) is 18.3 Å². The second-order valence-corrected chi connectivity index (χ2v) is 6.26. The lowest BCUT2D eigenvalue weighted by atomic mass is 10.1. The Morgan fingerprint density at radius 2 is 2.13 bits per heavy atom. The van der Waals surface area contributed by atoms with E-state index in [2.05, 4.69) is 16.9 Å². The minimum atomic E-state index is -0.0370. The van der Waals surface area contributed by atoms with E-state index in [4.69, 9.17) is 4.74 Å². The van der Waals surface area contributed by atoms with Crippen LogP contribution < -0.4 is 0 Å². The van der Waals surface area contributed by atoms with Crippen molar-refractivity contribution < 1.29 is 9.53 Å². The Labute approximate surface area is 136 Å². The highest BCUT2D eigenvalue weighted by atomic mass is 16.5. The lowest BCUT2D eigenvalue weighted by Crippen LogP contribution is -2.39. The van der Waals surface area contributed by atoms with Crippen molar-refractivity contribution in [3.8, 4) is 0 Å². The van der Waals surface area contributed by atoms with Gasteiger partial charge in [-0.2, -0.15) is 0 Å². The second kappa shape index (κ2) is 6.64. The van der Waals surface area contributed by atoms with Gasteiger partial charge in [-0.25, -0.2) is 4.98 Å². The average molecular weight is 313 g/mol. The Kier molecular flexibility index (Phi) is 4.59. The van der Waals surface area contributed by atoms with Gasteiger partial charge in [-0.05, 0) is 25.6 Å². The van der Waals surface area contributed by atoms with Gasteiger partial charge >= 0.3 is 0 Å². The van der Waals surface area contributed by atoms with Crippen molar-refractivity contribution in [1.82, 2.24) is 14.8 Å². The first-order valence-corrected chi connectivity index (χ1v) is 7.93. The number of benzene rings is 1. The summed E-state index contributed by atoms with van der Waals surface area (Å²) in [4.78, 5) is 21.2. The number of amides is 1. The van der Waals surface area contributed by atoms with Crippen LogP contribution in [0.4, 0.5) is 0 Å². The predicted octanol–water partition coefficient (Wildman–Crippen LogP) is 2.03. The van der Waals surface area contributed by atoms with Gasteiger partial charge in [0.2, 0.25) is 0 Å². The molecule has 0 unspecified atom stereocenters. The highest BCUT2D eigenvalue weighted by Gasteiger charge is 2.31. The molecule has 1 fully saturated rings. The Bertz CT molecular complexity index is 703. The van der Waals surface area contributed by atoms with Crippen molar-refractivity contribution in [2.45, 2.75) is 18.6 Å². The molecule has 0 spiro atoms. The molecule has 2 atom stereocenters. The minimum Gasteiger partial charge on any atom is -0.380 e. The third-order valence-corrected chi connectivity index (χ3v) is 4.63. The van der Waals surface area contributed by atoms with Crippen LogP contribution in [0.5, 0.6) is 0 Å². The number of likely N-dealkylation sites (tertiary alicyclic amines) is 1. The molecule has 1 aliphatic heterocycles. The molecule has 1 aromatic carbocycles. The van der Waals surface area contributed by atoms with E-state index in [1.54, 1.807) is 18.1 Å². The summed E-state index contributed by atoms with van der Waals surface area (Å²) in [5, 5.41) is 1.05. The fraction of sp³-hybridized carbons (Fsp3) is 0.444. The molecule has 1 aromatic heterocycles. The summed E-state index contributed by atoms with van der Waals surface area (Å²) in [7, 11) is 5.66. The van der Waals surface area contributed by atoms with E-state index >= 15 is 0 Å². The molecule has 0 radical (unpaired) electrons. The second-order valence-electron chi connectivity index (χ2n) is 6.26. The van der Waals surface area contributed by atoms with Crippen LogP contribution in [0, 0.1) is 0 Å². The number of hydrogen-bond donors (Lipinski definition) is 0. The summed E-state index contributed by atoms with van der Waals surface area (Å²) >= 11 is 0. The van der Waals surface area contributed by atoms with E-state index in [0.717, 1.165) is 23.9 Å². The summed E-state index contributed by atoms with van der Waals surface area (Å²) in [5.74, 6) is -0.0370. The molecule has 0 saturated carbocycles. The molecule has 122 valence electrons. The van der Waals surface area contributed by atoms with Crippen LogP contribution >= 0.6 is 0 Å². The standard InChI is InChI=1S/C18H23N3O2/c1-20-12-15(23-3)10-14(20)11-21(2)18(22)17-9-8-13-6-4-5-7-16(13)19-17/h4-9,14-15H,10-12H2,1-3H3/t14-,15-/m0/s1. The van der Waals surface area contributed by atoms with Gasteiger partial charge < -0.3 is 9.64 Å². The monoisotopic (exact) mass is 313 g/mol. The number of ether oxygens (including phenoxy) is 1. The summed E-state index contributed by atoms with van der Waals surface area (Å²) in [6.45, 7) is 1.60.